The third-order valence-electron chi connectivity index (χ3n) is 9.10. The zero-order chi connectivity index (χ0) is 33.9. The van der Waals surface area contributed by atoms with Crippen molar-refractivity contribution in [1.82, 2.24) is 15.2 Å². The van der Waals surface area contributed by atoms with E-state index in [1.807, 2.05) is 48.3 Å². The van der Waals surface area contributed by atoms with Gasteiger partial charge in [0.05, 0.1) is 23.1 Å². The number of pyridine rings is 1. The highest BCUT2D eigenvalue weighted by Gasteiger charge is 2.36. The molecule has 0 spiro atoms. The Bertz CT molecular complexity index is 1610. The lowest BCUT2D eigenvalue weighted by atomic mass is 9.83. The summed E-state index contributed by atoms with van der Waals surface area (Å²) in [5.74, 6) is 0.211. The molecule has 2 fully saturated rings. The highest BCUT2D eigenvalue weighted by atomic mass is 19.1. The number of amides is 3. The Morgan fingerprint density at radius 2 is 1.60 bits per heavy atom. The van der Waals surface area contributed by atoms with Gasteiger partial charge < -0.3 is 20.3 Å². The van der Waals surface area contributed by atoms with E-state index in [0.29, 0.717) is 28.9 Å². The Kier molecular flexibility index (Phi) is 10.0. The van der Waals surface area contributed by atoms with Gasteiger partial charge in [-0.1, -0.05) is 42.5 Å². The number of carbonyl (C=O) groups is 3. The number of hydrogen-bond donors (Lipinski definition) is 2. The number of ether oxygens (including phenoxy) is 1. The number of hydrogen-bond acceptors (Lipinski definition) is 5. The molecular formula is C38H47FN4O4. The lowest BCUT2D eigenvalue weighted by molar-refractivity contribution is -0.134. The summed E-state index contributed by atoms with van der Waals surface area (Å²) in [6, 6.07) is 16.7. The number of benzene rings is 2. The molecule has 2 N–H and O–H groups in total. The van der Waals surface area contributed by atoms with Crippen LogP contribution in [0.5, 0.6) is 0 Å². The molecule has 2 aliphatic rings. The zero-order valence-corrected chi connectivity index (χ0v) is 28.4. The van der Waals surface area contributed by atoms with Gasteiger partial charge in [0.1, 0.15) is 11.4 Å². The van der Waals surface area contributed by atoms with E-state index in [0.717, 1.165) is 49.7 Å². The van der Waals surface area contributed by atoms with Gasteiger partial charge >= 0.3 is 6.09 Å². The van der Waals surface area contributed by atoms with Crippen molar-refractivity contribution in [3.05, 3.63) is 72.2 Å². The van der Waals surface area contributed by atoms with Crippen molar-refractivity contribution in [1.29, 1.82) is 0 Å². The number of nitrogens with one attached hydrogen (secondary N) is 2. The molecule has 9 heteroatoms. The Hall–Kier alpha value is -4.27. The predicted molar refractivity (Wildman–Crippen MR) is 182 cm³/mol. The molecule has 0 radical (unpaired) electrons. The largest absolute Gasteiger partial charge is 0.444 e. The lowest BCUT2D eigenvalue weighted by Gasteiger charge is -2.34. The van der Waals surface area contributed by atoms with E-state index in [9.17, 15) is 14.4 Å². The lowest BCUT2D eigenvalue weighted by Crippen LogP contribution is -2.44. The molecule has 1 heterocycles. The zero-order valence-electron chi connectivity index (χ0n) is 28.4. The SMILES string of the molecule is CN(C(=O)C1CC1)C1CCC(CC(=O)Nc2cnc(-c3ccc(C(C)(C)NC(=O)OC(C)(C)C)c(F)c3)c(-c3ccccc3)c2)CC1. The molecule has 2 aliphatic carbocycles. The molecule has 1 aromatic heterocycles. The number of rotatable bonds is 9. The third kappa shape index (κ3) is 8.76. The predicted octanol–water partition coefficient (Wildman–Crippen LogP) is 8.07. The summed E-state index contributed by atoms with van der Waals surface area (Å²) in [5, 5.41) is 5.80. The van der Waals surface area contributed by atoms with E-state index in [1.54, 1.807) is 52.9 Å². The van der Waals surface area contributed by atoms with Gasteiger partial charge in [-0.25, -0.2) is 9.18 Å². The van der Waals surface area contributed by atoms with Crippen LogP contribution < -0.4 is 10.6 Å². The number of alkyl carbamates (subject to hydrolysis) is 1. The van der Waals surface area contributed by atoms with Crippen LogP contribution in [0.4, 0.5) is 14.9 Å². The topological polar surface area (TPSA) is 101 Å². The molecule has 3 amide bonds. The van der Waals surface area contributed by atoms with Crippen molar-refractivity contribution in [2.45, 2.75) is 96.7 Å². The van der Waals surface area contributed by atoms with Crippen molar-refractivity contribution in [3.63, 3.8) is 0 Å². The van der Waals surface area contributed by atoms with Crippen molar-refractivity contribution >= 4 is 23.6 Å². The summed E-state index contributed by atoms with van der Waals surface area (Å²) in [6.45, 7) is 8.76. The number of carbonyl (C=O) groups excluding carboxylic acids is 3. The Morgan fingerprint density at radius 1 is 0.915 bits per heavy atom. The van der Waals surface area contributed by atoms with Crippen molar-refractivity contribution in [2.75, 3.05) is 12.4 Å². The molecule has 250 valence electrons. The van der Waals surface area contributed by atoms with Crippen LogP contribution in [0.15, 0.2) is 60.8 Å². The van der Waals surface area contributed by atoms with Gasteiger partial charge in [-0.05, 0) is 96.8 Å². The molecule has 5 rings (SSSR count). The van der Waals surface area contributed by atoms with Gasteiger partial charge in [-0.3, -0.25) is 14.6 Å². The van der Waals surface area contributed by atoms with Crippen molar-refractivity contribution < 1.29 is 23.5 Å². The molecule has 2 saturated carbocycles. The third-order valence-corrected chi connectivity index (χ3v) is 9.10. The van der Waals surface area contributed by atoms with Crippen LogP contribution in [0.1, 0.15) is 85.1 Å². The summed E-state index contributed by atoms with van der Waals surface area (Å²) < 4.78 is 21.1. The second-order valence-electron chi connectivity index (χ2n) is 14.6. The van der Waals surface area contributed by atoms with Crippen LogP contribution in [0.25, 0.3) is 22.4 Å². The highest BCUT2D eigenvalue weighted by Crippen LogP contribution is 2.37. The molecule has 2 aromatic carbocycles. The number of aromatic nitrogens is 1. The van der Waals surface area contributed by atoms with E-state index in [1.165, 1.54) is 6.07 Å². The van der Waals surface area contributed by atoms with Gasteiger partial charge in [-0.2, -0.15) is 0 Å². The first-order chi connectivity index (χ1) is 22.2. The minimum absolute atomic E-state index is 0.0699. The minimum atomic E-state index is -1.03. The minimum Gasteiger partial charge on any atom is -0.444 e. The summed E-state index contributed by atoms with van der Waals surface area (Å²) in [5.41, 5.74) is 1.95. The maximum Gasteiger partial charge on any atom is 0.408 e. The summed E-state index contributed by atoms with van der Waals surface area (Å²) >= 11 is 0. The second kappa shape index (κ2) is 13.8. The summed E-state index contributed by atoms with van der Waals surface area (Å²) in [4.78, 5) is 44.7. The van der Waals surface area contributed by atoms with Crippen LogP contribution in [-0.4, -0.2) is 46.5 Å². The van der Waals surface area contributed by atoms with Crippen LogP contribution in [0.2, 0.25) is 0 Å². The fraction of sp³-hybridized carbons (Fsp3) is 0.474. The van der Waals surface area contributed by atoms with Gasteiger partial charge in [-0.15, -0.1) is 0 Å². The van der Waals surface area contributed by atoms with Gasteiger partial charge in [0.2, 0.25) is 11.8 Å². The molecular weight excluding hydrogens is 595 g/mol. The first-order valence-corrected chi connectivity index (χ1v) is 16.6. The monoisotopic (exact) mass is 642 g/mol. The average molecular weight is 643 g/mol. The molecule has 3 aromatic rings. The van der Waals surface area contributed by atoms with Crippen molar-refractivity contribution in [3.8, 4) is 22.4 Å². The van der Waals surface area contributed by atoms with E-state index in [2.05, 4.69) is 10.6 Å². The molecule has 0 atom stereocenters. The maximum atomic E-state index is 15.7. The Labute approximate surface area is 277 Å². The van der Waals surface area contributed by atoms with Crippen LogP contribution in [0.3, 0.4) is 0 Å². The smallest absolute Gasteiger partial charge is 0.408 e. The molecule has 47 heavy (non-hydrogen) atoms. The number of halogens is 1. The van der Waals surface area contributed by atoms with E-state index >= 15 is 4.39 Å². The Balaban J connectivity index is 1.29. The Morgan fingerprint density at radius 3 is 2.21 bits per heavy atom. The molecule has 8 nitrogen and oxygen atoms in total. The highest BCUT2D eigenvalue weighted by molar-refractivity contribution is 5.93. The first kappa shape index (κ1) is 34.1. The molecule has 0 saturated heterocycles. The number of nitrogens with zero attached hydrogens (tertiary/aromatic N) is 2. The van der Waals surface area contributed by atoms with Crippen molar-refractivity contribution in [2.24, 2.45) is 11.8 Å². The van der Waals surface area contributed by atoms with Gasteiger partial charge in [0.15, 0.2) is 0 Å². The normalized spacial score (nSPS) is 18.3. The van der Waals surface area contributed by atoms with Gasteiger partial charge in [0.25, 0.3) is 0 Å². The second-order valence-corrected chi connectivity index (χ2v) is 14.6. The first-order valence-electron chi connectivity index (χ1n) is 16.6. The van der Waals surface area contributed by atoms with E-state index in [4.69, 9.17) is 9.72 Å². The standard InChI is InChI=1S/C38H47FN4O4/c1-37(2,3)47-36(46)42-38(4,5)31-19-16-27(21-32(31)39)34-30(25-10-8-7-9-11-25)22-28(23-40-34)41-33(44)20-24-12-17-29(18-13-24)43(6)35(45)26-14-15-26/h7-11,16,19,21-24,26,29H,12-15,17-18,20H2,1-6H3,(H,41,44)(H,42,46). The average Bonchev–Trinajstić information content (AvgIpc) is 3.85. The van der Waals surface area contributed by atoms with E-state index in [-0.39, 0.29) is 29.7 Å². The van der Waals surface area contributed by atoms with Gasteiger partial charge in [0, 0.05) is 42.1 Å². The molecule has 0 bridgehead atoms. The summed E-state index contributed by atoms with van der Waals surface area (Å²) in [6.07, 6.45) is 7.09. The maximum absolute atomic E-state index is 15.7. The number of anilines is 1. The quantitative estimate of drug-likeness (QED) is 0.246. The van der Waals surface area contributed by atoms with Crippen LogP contribution >= 0.6 is 0 Å². The van der Waals surface area contributed by atoms with Crippen LogP contribution in [0, 0.1) is 17.7 Å². The van der Waals surface area contributed by atoms with Crippen LogP contribution in [-0.2, 0) is 19.9 Å². The molecule has 0 unspecified atom stereocenters. The molecule has 0 aliphatic heterocycles. The van der Waals surface area contributed by atoms with E-state index < -0.39 is 23.1 Å². The fourth-order valence-electron chi connectivity index (χ4n) is 6.40. The summed E-state index contributed by atoms with van der Waals surface area (Å²) in [7, 11) is 1.92. The fourth-order valence-corrected chi connectivity index (χ4v) is 6.40.